The molecule has 1 aliphatic carbocycles. The molecule has 8 heteroatoms. The summed E-state index contributed by atoms with van der Waals surface area (Å²) in [6.07, 6.45) is -0.822. The highest BCUT2D eigenvalue weighted by Crippen LogP contribution is 2.43. The third-order valence-electron chi connectivity index (χ3n) is 3.94. The number of hydrogen-bond acceptors (Lipinski definition) is 3. The lowest BCUT2D eigenvalue weighted by molar-refractivity contribution is -0.140. The first kappa shape index (κ1) is 14.6. The Morgan fingerprint density at radius 3 is 2.71 bits per heavy atom. The summed E-state index contributed by atoms with van der Waals surface area (Å²) >= 11 is 0. The smallest absolute Gasteiger partial charge is 0.322 e. The molecule has 0 radical (unpaired) electrons. The van der Waals surface area contributed by atoms with Crippen molar-refractivity contribution in [2.75, 3.05) is 0 Å². The Bertz CT molecular complexity index is 980. The average molecular weight is 329 g/mol. The maximum atomic E-state index is 13.3. The predicted molar refractivity (Wildman–Crippen MR) is 80.3 cm³/mol. The first-order valence-corrected chi connectivity index (χ1v) is 7.26. The molecule has 0 bridgehead atoms. The van der Waals surface area contributed by atoms with E-state index in [1.807, 2.05) is 0 Å². The van der Waals surface area contributed by atoms with Crippen LogP contribution < -0.4 is 0 Å². The number of nitrogens with zero attached hydrogens (tertiary/aromatic N) is 5. The van der Waals surface area contributed by atoms with Gasteiger partial charge in [0.2, 0.25) is 0 Å². The number of aromatic nitrogens is 4. The Kier molecular flexibility index (Phi) is 3.06. The third-order valence-corrected chi connectivity index (χ3v) is 3.94. The molecular formula is C16H10F3N5. The van der Waals surface area contributed by atoms with E-state index in [0.29, 0.717) is 16.7 Å². The second-order valence-electron chi connectivity index (χ2n) is 5.60. The largest absolute Gasteiger partial charge is 0.434 e. The van der Waals surface area contributed by atoms with E-state index < -0.39 is 11.9 Å². The molecule has 1 aliphatic rings. The zero-order valence-electron chi connectivity index (χ0n) is 12.2. The van der Waals surface area contributed by atoms with Crippen LogP contribution in [0.25, 0.3) is 27.3 Å². The van der Waals surface area contributed by atoms with Crippen LogP contribution in [0.15, 0.2) is 30.7 Å². The molecule has 1 aromatic carbocycles. The molecule has 2 heterocycles. The van der Waals surface area contributed by atoms with E-state index in [1.54, 1.807) is 22.8 Å². The second kappa shape index (κ2) is 5.03. The van der Waals surface area contributed by atoms with Crippen molar-refractivity contribution in [2.24, 2.45) is 0 Å². The van der Waals surface area contributed by atoms with Gasteiger partial charge in [-0.15, -0.1) is 0 Å². The first-order valence-electron chi connectivity index (χ1n) is 7.26. The van der Waals surface area contributed by atoms with Crippen molar-refractivity contribution < 1.29 is 13.2 Å². The molecular weight excluding hydrogens is 319 g/mol. The van der Waals surface area contributed by atoms with Crippen molar-refractivity contribution in [2.45, 2.75) is 25.1 Å². The summed E-state index contributed by atoms with van der Waals surface area (Å²) in [5.41, 5.74) is 0.507. The molecule has 1 fully saturated rings. The number of imidazole rings is 1. The highest BCUT2D eigenvalue weighted by molar-refractivity contribution is 5.84. The van der Waals surface area contributed by atoms with Gasteiger partial charge in [-0.1, -0.05) is 6.07 Å². The van der Waals surface area contributed by atoms with E-state index in [9.17, 15) is 13.2 Å². The number of halogens is 3. The van der Waals surface area contributed by atoms with Crippen molar-refractivity contribution in [3.63, 3.8) is 0 Å². The topological polar surface area (TPSA) is 48.0 Å². The lowest BCUT2D eigenvalue weighted by Crippen LogP contribution is -2.12. The van der Waals surface area contributed by atoms with Gasteiger partial charge in [0, 0.05) is 12.2 Å². The molecule has 0 spiro atoms. The lowest BCUT2D eigenvalue weighted by atomic mass is 10.2. The van der Waals surface area contributed by atoms with Crippen LogP contribution in [0.2, 0.25) is 0 Å². The molecule has 2 aromatic heterocycles. The minimum absolute atomic E-state index is 0.0901. The Labute approximate surface area is 134 Å². The van der Waals surface area contributed by atoms with E-state index in [4.69, 9.17) is 6.57 Å². The van der Waals surface area contributed by atoms with Crippen molar-refractivity contribution in [3.8, 4) is 11.4 Å². The van der Waals surface area contributed by atoms with Gasteiger partial charge in [0.15, 0.2) is 11.4 Å². The highest BCUT2D eigenvalue weighted by atomic mass is 19.4. The maximum Gasteiger partial charge on any atom is 0.434 e. The van der Waals surface area contributed by atoms with E-state index in [0.717, 1.165) is 25.4 Å². The number of fused-ring (bicyclic) bond motifs is 1. The fourth-order valence-corrected chi connectivity index (χ4v) is 2.76. The van der Waals surface area contributed by atoms with Gasteiger partial charge >= 0.3 is 6.18 Å². The quantitative estimate of drug-likeness (QED) is 0.655. The van der Waals surface area contributed by atoms with Crippen LogP contribution in [0.3, 0.4) is 0 Å². The molecule has 0 unspecified atom stereocenters. The van der Waals surface area contributed by atoms with Crippen LogP contribution in [-0.4, -0.2) is 19.5 Å². The van der Waals surface area contributed by atoms with Crippen molar-refractivity contribution in [1.82, 2.24) is 19.5 Å². The van der Waals surface area contributed by atoms with Crippen LogP contribution >= 0.6 is 0 Å². The van der Waals surface area contributed by atoms with Crippen molar-refractivity contribution >= 4 is 16.7 Å². The fraction of sp³-hybridized carbons (Fsp3) is 0.250. The Morgan fingerprint density at radius 2 is 2.04 bits per heavy atom. The maximum absolute atomic E-state index is 13.3. The van der Waals surface area contributed by atoms with Gasteiger partial charge in [-0.3, -0.25) is 0 Å². The Balaban J connectivity index is 2.02. The van der Waals surface area contributed by atoms with Gasteiger partial charge in [0.05, 0.1) is 23.2 Å². The minimum atomic E-state index is -4.59. The zero-order valence-corrected chi connectivity index (χ0v) is 12.2. The van der Waals surface area contributed by atoms with Gasteiger partial charge in [-0.2, -0.15) is 13.2 Å². The average Bonchev–Trinajstić information content (AvgIpc) is 3.33. The van der Waals surface area contributed by atoms with Gasteiger partial charge in [-0.05, 0) is 25.0 Å². The fourth-order valence-electron chi connectivity index (χ4n) is 2.76. The van der Waals surface area contributed by atoms with Gasteiger partial charge in [0.25, 0.3) is 0 Å². The van der Waals surface area contributed by atoms with Crippen molar-refractivity contribution in [1.29, 1.82) is 0 Å². The summed E-state index contributed by atoms with van der Waals surface area (Å²) < 4.78 is 41.6. The lowest BCUT2D eigenvalue weighted by Gasteiger charge is -2.12. The monoisotopic (exact) mass is 329 g/mol. The number of hydrogen-bond donors (Lipinski definition) is 0. The number of rotatable bonds is 2. The molecule has 0 aliphatic heterocycles. The zero-order chi connectivity index (χ0) is 16.9. The van der Waals surface area contributed by atoms with E-state index in [-0.39, 0.29) is 17.4 Å². The van der Waals surface area contributed by atoms with Gasteiger partial charge in [0.1, 0.15) is 12.2 Å². The third kappa shape index (κ3) is 2.29. The van der Waals surface area contributed by atoms with E-state index in [1.165, 1.54) is 0 Å². The number of benzene rings is 1. The first-order chi connectivity index (χ1) is 11.5. The molecule has 0 N–H and O–H groups in total. The summed E-state index contributed by atoms with van der Waals surface area (Å²) in [5.74, 6) is 0.197. The second-order valence-corrected chi connectivity index (χ2v) is 5.60. The van der Waals surface area contributed by atoms with Gasteiger partial charge in [-0.25, -0.2) is 19.8 Å². The Hall–Kier alpha value is -2.95. The molecule has 0 amide bonds. The van der Waals surface area contributed by atoms with Gasteiger partial charge < -0.3 is 4.57 Å². The summed E-state index contributed by atoms with van der Waals surface area (Å²) in [7, 11) is 0. The molecule has 4 rings (SSSR count). The van der Waals surface area contributed by atoms with Crippen molar-refractivity contribution in [3.05, 3.63) is 47.8 Å². The van der Waals surface area contributed by atoms with Crippen LogP contribution in [-0.2, 0) is 6.18 Å². The summed E-state index contributed by atoms with van der Waals surface area (Å²) in [6, 6.07) is 5.01. The van der Waals surface area contributed by atoms with E-state index >= 15 is 0 Å². The summed E-state index contributed by atoms with van der Waals surface area (Å²) in [4.78, 5) is 14.9. The standard InChI is InChI=1S/C16H10F3N5/c1-20-9-2-5-12-13(6-9)24(10-3-4-10)15(23-12)11-7-21-8-22-14(11)16(17,18)19/h2,5-8,10H,3-4H2. The van der Waals surface area contributed by atoms with E-state index in [2.05, 4.69) is 19.8 Å². The molecule has 120 valence electrons. The highest BCUT2D eigenvalue weighted by Gasteiger charge is 2.38. The molecule has 0 atom stereocenters. The molecule has 1 saturated carbocycles. The van der Waals surface area contributed by atoms with Crippen LogP contribution in [0.1, 0.15) is 24.6 Å². The Morgan fingerprint density at radius 1 is 1.25 bits per heavy atom. The molecule has 24 heavy (non-hydrogen) atoms. The molecule has 3 aromatic rings. The SMILES string of the molecule is [C-]#[N+]c1ccc2nc(-c3cncnc3C(F)(F)F)n(C3CC3)c2c1. The van der Waals surface area contributed by atoms with Crippen LogP contribution in [0.4, 0.5) is 18.9 Å². The number of alkyl halides is 3. The van der Waals surface area contributed by atoms with Crippen LogP contribution in [0, 0.1) is 6.57 Å². The predicted octanol–water partition coefficient (Wildman–Crippen LogP) is 4.40. The molecule has 5 nitrogen and oxygen atoms in total. The summed E-state index contributed by atoms with van der Waals surface area (Å²) in [6.45, 7) is 7.13. The van der Waals surface area contributed by atoms with Crippen LogP contribution in [0.5, 0.6) is 0 Å². The molecule has 0 saturated heterocycles. The summed E-state index contributed by atoms with van der Waals surface area (Å²) in [5, 5.41) is 0. The normalized spacial score (nSPS) is 14.8. The minimum Gasteiger partial charge on any atom is -0.322 e.